The van der Waals surface area contributed by atoms with Gasteiger partial charge in [0.15, 0.2) is 0 Å². The molecule has 0 saturated carbocycles. The molecule has 2 aromatic carbocycles. The third-order valence-electron chi connectivity index (χ3n) is 7.26. The summed E-state index contributed by atoms with van der Waals surface area (Å²) in [5, 5.41) is 0. The molecule has 164 valence electrons. The maximum absolute atomic E-state index is 4.07. The fraction of sp³-hybridized carbons (Fsp3) is 0.407. The Labute approximate surface area is 188 Å². The molecule has 0 radical (unpaired) electrons. The van der Waals surface area contributed by atoms with Crippen LogP contribution in [0.3, 0.4) is 0 Å². The molecule has 0 saturated heterocycles. The monoisotopic (exact) mass is 416 g/mol. The fourth-order valence-corrected chi connectivity index (χ4v) is 5.21. The van der Waals surface area contributed by atoms with E-state index in [9.17, 15) is 0 Å². The first-order valence-electron chi connectivity index (χ1n) is 10.9. The molecule has 0 spiro atoms. The van der Waals surface area contributed by atoms with Crippen LogP contribution >= 0.6 is 0 Å². The molecule has 0 unspecified atom stereocenters. The van der Waals surface area contributed by atoms with Crippen LogP contribution in [0.25, 0.3) is 0 Å². The third kappa shape index (κ3) is 3.03. The molecule has 0 aliphatic carbocycles. The van der Waals surface area contributed by atoms with Gasteiger partial charge in [0.2, 0.25) is 5.69 Å². The average Bonchev–Trinajstić information content (AvgIpc) is 3.01. The van der Waals surface area contributed by atoms with Crippen molar-refractivity contribution >= 4 is 29.5 Å². The molecule has 0 amide bonds. The third-order valence-corrected chi connectivity index (χ3v) is 7.26. The Kier molecular flexibility index (Phi) is 4.69. The van der Waals surface area contributed by atoms with E-state index in [0.29, 0.717) is 0 Å². The fourth-order valence-electron chi connectivity index (χ4n) is 5.21. The zero-order valence-electron chi connectivity index (χ0n) is 20.5. The van der Waals surface area contributed by atoms with Gasteiger partial charge in [0, 0.05) is 43.3 Å². The molecule has 31 heavy (non-hydrogen) atoms. The van der Waals surface area contributed by atoms with Gasteiger partial charge in [-0.15, -0.1) is 11.7 Å². The van der Waals surface area contributed by atoms with Gasteiger partial charge in [-0.25, -0.2) is 4.58 Å². The Bertz CT molecular complexity index is 1090. The second kappa shape index (κ2) is 6.81. The van der Waals surface area contributed by atoms with E-state index in [2.05, 4.69) is 120 Å². The lowest BCUT2D eigenvalue weighted by molar-refractivity contribution is -0.394. The minimum absolute atomic E-state index is 0.0759. The van der Waals surface area contributed by atoms with E-state index >= 15 is 0 Å². The SMILES string of the molecule is C=[N+](C)c1ccc2c(c1)C(C)(C)C(=C[C-]1N(C)c3ccc(N(C)C)cc3C1(C)C)N2C. The Hall–Kier alpha value is -2.88. The molecule has 0 bridgehead atoms. The molecular formula is C27H36N4. The van der Waals surface area contributed by atoms with Gasteiger partial charge in [0.05, 0.1) is 0 Å². The maximum atomic E-state index is 4.07. The number of hydrogen-bond donors (Lipinski definition) is 0. The number of anilines is 3. The predicted molar refractivity (Wildman–Crippen MR) is 134 cm³/mol. The smallest absolute Gasteiger partial charge is 0.204 e. The minimum atomic E-state index is -0.0937. The van der Waals surface area contributed by atoms with Gasteiger partial charge in [-0.2, -0.15) is 6.08 Å². The molecular weight excluding hydrogens is 380 g/mol. The van der Waals surface area contributed by atoms with E-state index in [4.69, 9.17) is 0 Å². The molecule has 4 rings (SSSR count). The van der Waals surface area contributed by atoms with Crippen molar-refractivity contribution in [2.75, 3.05) is 49.9 Å². The minimum Gasteiger partial charge on any atom is -0.426 e. The Morgan fingerprint density at radius 1 is 0.968 bits per heavy atom. The Morgan fingerprint density at radius 3 is 2.23 bits per heavy atom. The normalized spacial score (nSPS) is 19.6. The van der Waals surface area contributed by atoms with Crippen LogP contribution in [0.15, 0.2) is 48.2 Å². The van der Waals surface area contributed by atoms with Crippen LogP contribution in [0.1, 0.15) is 38.8 Å². The van der Waals surface area contributed by atoms with Gasteiger partial charge in [-0.1, -0.05) is 27.7 Å². The van der Waals surface area contributed by atoms with Crippen molar-refractivity contribution in [2.45, 2.75) is 38.5 Å². The molecule has 2 aromatic rings. The summed E-state index contributed by atoms with van der Waals surface area (Å²) in [6.45, 7) is 13.4. The summed E-state index contributed by atoms with van der Waals surface area (Å²) in [7, 11) is 10.6. The quantitative estimate of drug-likeness (QED) is 0.383. The molecule has 0 aromatic heterocycles. The van der Waals surface area contributed by atoms with Crippen molar-refractivity contribution in [3.05, 3.63) is 65.3 Å². The summed E-state index contributed by atoms with van der Waals surface area (Å²) in [6.07, 6.45) is 2.42. The highest BCUT2D eigenvalue weighted by molar-refractivity contribution is 5.76. The molecule has 0 N–H and O–H groups in total. The lowest BCUT2D eigenvalue weighted by Crippen LogP contribution is -2.33. The lowest BCUT2D eigenvalue weighted by Gasteiger charge is -2.42. The molecule has 2 aliphatic heterocycles. The topological polar surface area (TPSA) is 12.7 Å². The zero-order valence-corrected chi connectivity index (χ0v) is 20.5. The number of hydrogen-bond acceptors (Lipinski definition) is 3. The van der Waals surface area contributed by atoms with E-state index in [0.717, 1.165) is 5.69 Å². The molecule has 4 nitrogen and oxygen atoms in total. The molecule has 2 aliphatic rings. The number of rotatable bonds is 3. The largest absolute Gasteiger partial charge is 0.426 e. The van der Waals surface area contributed by atoms with Crippen LogP contribution < -0.4 is 14.7 Å². The summed E-state index contributed by atoms with van der Waals surface area (Å²) in [6, 6.07) is 14.8. The van der Waals surface area contributed by atoms with Crippen molar-refractivity contribution in [1.29, 1.82) is 0 Å². The van der Waals surface area contributed by atoms with Gasteiger partial charge >= 0.3 is 0 Å². The number of likely N-dealkylation sites (N-methyl/N-ethyl adjacent to an activating group) is 2. The van der Waals surface area contributed by atoms with Crippen LogP contribution in [0, 0.1) is 6.04 Å². The van der Waals surface area contributed by atoms with E-state index in [1.165, 1.54) is 39.9 Å². The molecule has 2 heterocycles. The first-order valence-corrected chi connectivity index (χ1v) is 10.9. The highest BCUT2D eigenvalue weighted by atomic mass is 15.2. The predicted octanol–water partition coefficient (Wildman–Crippen LogP) is 5.30. The Morgan fingerprint density at radius 2 is 1.61 bits per heavy atom. The molecule has 0 atom stereocenters. The van der Waals surface area contributed by atoms with Crippen molar-refractivity contribution in [3.8, 4) is 0 Å². The average molecular weight is 417 g/mol. The first-order chi connectivity index (χ1) is 14.4. The van der Waals surface area contributed by atoms with Gasteiger partial charge in [0.25, 0.3) is 0 Å². The van der Waals surface area contributed by atoms with Gasteiger partial charge in [-0.05, 0) is 60.3 Å². The number of benzene rings is 2. The Balaban J connectivity index is 1.80. The second-order valence-corrected chi connectivity index (χ2v) is 10.3. The summed E-state index contributed by atoms with van der Waals surface area (Å²) in [5.41, 5.74) is 8.82. The van der Waals surface area contributed by atoms with Crippen molar-refractivity contribution in [2.24, 2.45) is 0 Å². The summed E-state index contributed by atoms with van der Waals surface area (Å²) in [4.78, 5) is 6.89. The van der Waals surface area contributed by atoms with Crippen LogP contribution in [0.5, 0.6) is 0 Å². The summed E-state index contributed by atoms with van der Waals surface area (Å²) in [5.74, 6) is 0. The second-order valence-electron chi connectivity index (χ2n) is 10.3. The summed E-state index contributed by atoms with van der Waals surface area (Å²) >= 11 is 0. The highest BCUT2D eigenvalue weighted by Gasteiger charge is 2.39. The van der Waals surface area contributed by atoms with Crippen LogP contribution in [-0.4, -0.2) is 46.5 Å². The van der Waals surface area contributed by atoms with E-state index < -0.39 is 0 Å². The standard InChI is InChI=1S/C27H36N4/c1-26(2)20-15-18(28(5)6)11-13-22(20)30(9)24(26)17-25-27(3,4)21-16-19(29(7)8)12-14-23(21)31(25)10/h11-17H,5H2,1-4,6-10H3. The van der Waals surface area contributed by atoms with Gasteiger partial charge < -0.3 is 14.7 Å². The number of fused-ring (bicyclic) bond motifs is 2. The highest BCUT2D eigenvalue weighted by Crippen LogP contribution is 2.54. The summed E-state index contributed by atoms with van der Waals surface area (Å²) < 4.78 is 1.93. The molecule has 4 heteroatoms. The molecule has 0 fully saturated rings. The van der Waals surface area contributed by atoms with Crippen molar-refractivity contribution < 1.29 is 4.58 Å². The maximum Gasteiger partial charge on any atom is 0.204 e. The number of allylic oxidation sites excluding steroid dienone is 1. The van der Waals surface area contributed by atoms with Gasteiger partial charge in [-0.3, -0.25) is 0 Å². The van der Waals surface area contributed by atoms with Gasteiger partial charge in [0.1, 0.15) is 13.8 Å². The van der Waals surface area contributed by atoms with E-state index in [1.54, 1.807) is 0 Å². The van der Waals surface area contributed by atoms with Crippen LogP contribution in [-0.2, 0) is 10.8 Å². The number of nitrogens with zero attached hydrogens (tertiary/aromatic N) is 4. The van der Waals surface area contributed by atoms with Crippen molar-refractivity contribution in [1.82, 2.24) is 0 Å². The lowest BCUT2D eigenvalue weighted by atomic mass is 9.77. The van der Waals surface area contributed by atoms with E-state index in [1.807, 2.05) is 11.6 Å². The van der Waals surface area contributed by atoms with Crippen LogP contribution in [0.2, 0.25) is 0 Å². The first kappa shape index (κ1) is 21.4. The van der Waals surface area contributed by atoms with Crippen molar-refractivity contribution in [3.63, 3.8) is 0 Å². The van der Waals surface area contributed by atoms with E-state index in [-0.39, 0.29) is 10.8 Å². The van der Waals surface area contributed by atoms with Crippen LogP contribution in [0.4, 0.5) is 22.7 Å². The zero-order chi connectivity index (χ0) is 22.9.